The number of carbonyl (C=O) groups excluding carboxylic acids is 3. The molecule has 2 heterocycles. The molecule has 1 aliphatic rings. The average Bonchev–Trinajstić information content (AvgIpc) is 3.37. The Morgan fingerprint density at radius 2 is 1.66 bits per heavy atom. The van der Waals surface area contributed by atoms with E-state index in [0.29, 0.717) is 5.56 Å². The molecule has 4 rings (SSSR count). The van der Waals surface area contributed by atoms with Crippen LogP contribution in [0.25, 0.3) is 11.3 Å². The second-order valence-electron chi connectivity index (χ2n) is 9.43. The van der Waals surface area contributed by atoms with Crippen LogP contribution < -0.4 is 0 Å². The van der Waals surface area contributed by atoms with E-state index in [2.05, 4.69) is 22.9 Å². The highest BCUT2D eigenvalue weighted by Crippen LogP contribution is 2.50. The van der Waals surface area contributed by atoms with Gasteiger partial charge in [-0.1, -0.05) is 35.0 Å². The largest absolute Gasteiger partial charge is 0.463 e. The highest BCUT2D eigenvalue weighted by molar-refractivity contribution is 7.80. The molecule has 0 spiro atoms. The lowest BCUT2D eigenvalue weighted by Crippen LogP contribution is -2.63. The molecule has 41 heavy (non-hydrogen) atoms. The fourth-order valence-corrected chi connectivity index (χ4v) is 5.17. The van der Waals surface area contributed by atoms with Crippen LogP contribution >= 0.6 is 12.6 Å². The third-order valence-electron chi connectivity index (χ3n) is 6.44. The summed E-state index contributed by atoms with van der Waals surface area (Å²) in [4.78, 5) is 36.7. The van der Waals surface area contributed by atoms with Crippen LogP contribution in [0.4, 0.5) is 13.2 Å². The van der Waals surface area contributed by atoms with Gasteiger partial charge in [-0.05, 0) is 19.1 Å². The number of thiol groups is 1. The molecular weight excluding hydrogens is 567 g/mol. The Hall–Kier alpha value is -3.91. The Bertz CT molecular complexity index is 1450. The molecule has 0 saturated carbocycles. The maximum absolute atomic E-state index is 14.0. The molecule has 10 nitrogen and oxygen atoms in total. The third kappa shape index (κ3) is 6.07. The molecule has 0 unspecified atom stereocenters. The van der Waals surface area contributed by atoms with Crippen molar-refractivity contribution in [2.45, 2.75) is 57.0 Å². The van der Waals surface area contributed by atoms with Gasteiger partial charge >= 0.3 is 17.9 Å². The minimum absolute atomic E-state index is 0.0799. The minimum Gasteiger partial charge on any atom is -0.463 e. The fourth-order valence-electron chi connectivity index (χ4n) is 4.80. The van der Waals surface area contributed by atoms with Gasteiger partial charge in [-0.2, -0.15) is 0 Å². The van der Waals surface area contributed by atoms with E-state index in [1.165, 1.54) is 17.8 Å². The van der Waals surface area contributed by atoms with E-state index in [0.717, 1.165) is 31.5 Å². The number of rotatable bonds is 7. The van der Waals surface area contributed by atoms with Gasteiger partial charge in [0.15, 0.2) is 29.2 Å². The van der Waals surface area contributed by atoms with Gasteiger partial charge in [0, 0.05) is 31.9 Å². The maximum Gasteiger partial charge on any atom is 0.303 e. The van der Waals surface area contributed by atoms with Crippen LogP contribution in [0.15, 0.2) is 42.6 Å². The van der Waals surface area contributed by atoms with Crippen molar-refractivity contribution in [1.82, 2.24) is 15.0 Å². The molecule has 1 saturated heterocycles. The topological polar surface area (TPSA) is 119 Å². The van der Waals surface area contributed by atoms with Gasteiger partial charge in [0.25, 0.3) is 0 Å². The van der Waals surface area contributed by atoms with Crippen LogP contribution in [-0.2, 0) is 38.9 Å². The normalized spacial score (nSPS) is 24.0. The first-order valence-electron chi connectivity index (χ1n) is 12.3. The molecule has 1 fully saturated rings. The van der Waals surface area contributed by atoms with Gasteiger partial charge in [-0.3, -0.25) is 14.4 Å². The van der Waals surface area contributed by atoms with Crippen molar-refractivity contribution in [3.05, 3.63) is 71.2 Å². The van der Waals surface area contributed by atoms with E-state index in [1.807, 2.05) is 6.92 Å². The van der Waals surface area contributed by atoms with Crippen LogP contribution in [-0.4, -0.2) is 57.2 Å². The smallest absolute Gasteiger partial charge is 0.303 e. The summed E-state index contributed by atoms with van der Waals surface area (Å²) in [5.41, 5.74) is -2.04. The Morgan fingerprint density at radius 1 is 1.02 bits per heavy atom. The Balaban J connectivity index is 1.98. The number of aryl methyl sites for hydroxylation is 1. The van der Waals surface area contributed by atoms with Crippen molar-refractivity contribution in [3.8, 4) is 11.3 Å². The van der Waals surface area contributed by atoms with Crippen LogP contribution in [0, 0.1) is 24.4 Å². The molecule has 0 radical (unpaired) electrons. The lowest BCUT2D eigenvalue weighted by atomic mass is 9.76. The van der Waals surface area contributed by atoms with Gasteiger partial charge in [-0.25, -0.2) is 17.9 Å². The zero-order valence-corrected chi connectivity index (χ0v) is 23.2. The Morgan fingerprint density at radius 3 is 2.22 bits per heavy atom. The summed E-state index contributed by atoms with van der Waals surface area (Å²) in [6.07, 6.45) is -1.25. The summed E-state index contributed by atoms with van der Waals surface area (Å²) < 4.78 is 65.7. The highest BCUT2D eigenvalue weighted by Gasteiger charge is 2.62. The van der Waals surface area contributed by atoms with Crippen molar-refractivity contribution in [2.75, 3.05) is 6.61 Å². The predicted octanol–water partition coefficient (Wildman–Crippen LogP) is 3.82. The maximum atomic E-state index is 14.0. The molecule has 2 aromatic carbocycles. The monoisotopic (exact) mass is 593 g/mol. The van der Waals surface area contributed by atoms with E-state index < -0.39 is 71.3 Å². The van der Waals surface area contributed by atoms with E-state index in [-0.39, 0.29) is 11.3 Å². The van der Waals surface area contributed by atoms with Gasteiger partial charge in [0.1, 0.15) is 29.9 Å². The number of carbonyl (C=O) groups is 3. The second-order valence-corrected chi connectivity index (χ2v) is 9.94. The van der Waals surface area contributed by atoms with E-state index in [4.69, 9.17) is 18.9 Å². The van der Waals surface area contributed by atoms with Crippen LogP contribution in [0.2, 0.25) is 0 Å². The van der Waals surface area contributed by atoms with E-state index in [9.17, 15) is 27.6 Å². The fraction of sp³-hybridized carbons (Fsp3) is 0.370. The number of hydrogen-bond acceptors (Lipinski definition) is 10. The van der Waals surface area contributed by atoms with Gasteiger partial charge < -0.3 is 18.9 Å². The molecule has 5 atom stereocenters. The van der Waals surface area contributed by atoms with Crippen LogP contribution in [0.1, 0.15) is 37.9 Å². The zero-order valence-electron chi connectivity index (χ0n) is 22.3. The zero-order chi connectivity index (χ0) is 30.1. The molecular formula is C27H26F3N3O7S. The third-order valence-corrected chi connectivity index (χ3v) is 6.86. The molecule has 1 aliphatic heterocycles. The molecule has 0 amide bonds. The summed E-state index contributed by atoms with van der Waals surface area (Å²) >= 11 is 4.47. The number of ether oxygens (including phenoxy) is 4. The first kappa shape index (κ1) is 30.1. The van der Waals surface area contributed by atoms with Crippen molar-refractivity contribution < 1.29 is 46.5 Å². The lowest BCUT2D eigenvalue weighted by Gasteiger charge is -2.51. The number of halogens is 3. The molecule has 218 valence electrons. The van der Waals surface area contributed by atoms with Crippen molar-refractivity contribution >= 4 is 30.5 Å². The quantitative estimate of drug-likeness (QED) is 0.189. The molecule has 0 aliphatic carbocycles. The number of aromatic nitrogens is 3. The number of nitrogens with zero attached hydrogens (tertiary/aromatic N) is 3. The number of benzene rings is 2. The summed E-state index contributed by atoms with van der Waals surface area (Å²) in [5.74, 6) is -6.68. The van der Waals surface area contributed by atoms with Crippen molar-refractivity contribution in [3.63, 3.8) is 0 Å². The first-order valence-corrected chi connectivity index (χ1v) is 12.8. The molecule has 0 N–H and O–H groups in total. The summed E-state index contributed by atoms with van der Waals surface area (Å²) in [5, 5.41) is 8.10. The standard InChI is InChI=1S/C27H26F3N3O7S/c1-13-5-7-18(8-6-13)27(40-16(4)36)22(12-37-14(2)34)39-26(41)24(38-15(3)35)25(27)33-11-21(31-32-33)17-9-19(28)23(30)20(29)10-17/h5-11,22,24-26,41H,12H2,1-4H3/t22-,24-,25-,26-,27+/m1/s1. The number of esters is 3. The van der Waals surface area contributed by atoms with Gasteiger partial charge in [0.05, 0.1) is 6.20 Å². The molecule has 1 aromatic heterocycles. The van der Waals surface area contributed by atoms with E-state index >= 15 is 0 Å². The SMILES string of the molecule is CC(=O)OC[C@H]1O[C@H](S)[C@H](OC(C)=O)[C@@H](n2cc(-c3cc(F)c(F)c(F)c3)nn2)[C@]1(OC(C)=O)c1ccc(C)cc1. The summed E-state index contributed by atoms with van der Waals surface area (Å²) in [6, 6.07) is 7.00. The van der Waals surface area contributed by atoms with Crippen molar-refractivity contribution in [1.29, 1.82) is 0 Å². The summed E-state index contributed by atoms with van der Waals surface area (Å²) in [7, 11) is 0. The number of hydrogen-bond donors (Lipinski definition) is 1. The first-order chi connectivity index (χ1) is 19.3. The Kier molecular flexibility index (Phi) is 8.73. The predicted molar refractivity (Wildman–Crippen MR) is 139 cm³/mol. The molecule has 0 bridgehead atoms. The second kappa shape index (κ2) is 11.9. The molecule has 3 aromatic rings. The minimum atomic E-state index is -1.88. The molecule has 14 heteroatoms. The average molecular weight is 594 g/mol. The lowest BCUT2D eigenvalue weighted by molar-refractivity contribution is -0.256. The highest BCUT2D eigenvalue weighted by atomic mass is 32.1. The van der Waals surface area contributed by atoms with Crippen LogP contribution in [0.5, 0.6) is 0 Å². The summed E-state index contributed by atoms with van der Waals surface area (Å²) in [6.45, 7) is 4.92. The van der Waals surface area contributed by atoms with E-state index in [1.54, 1.807) is 24.3 Å². The van der Waals surface area contributed by atoms with Gasteiger partial charge in [0.2, 0.25) is 0 Å². The van der Waals surface area contributed by atoms with Gasteiger partial charge in [-0.15, -0.1) is 17.7 Å². The Labute approximate surface area is 238 Å². The van der Waals surface area contributed by atoms with Crippen LogP contribution in [0.3, 0.4) is 0 Å². The van der Waals surface area contributed by atoms with Crippen molar-refractivity contribution in [2.24, 2.45) is 0 Å².